The van der Waals surface area contributed by atoms with Gasteiger partial charge in [0.1, 0.15) is 0 Å². The second-order valence-electron chi connectivity index (χ2n) is 1.38. The van der Waals surface area contributed by atoms with Gasteiger partial charge >= 0.3 is 12.2 Å². The highest BCUT2D eigenvalue weighted by molar-refractivity contribution is 5.72. The summed E-state index contributed by atoms with van der Waals surface area (Å²) in [6, 6.07) is -0.870. The monoisotopic (exact) mass is 148 g/mol. The number of urea groups is 1. The molecule has 0 aromatic heterocycles. The Kier molecular flexibility index (Phi) is 3.03. The van der Waals surface area contributed by atoms with E-state index in [1.165, 1.54) is 7.05 Å². The molecule has 0 aromatic carbocycles. The van der Waals surface area contributed by atoms with Crippen LogP contribution in [0.4, 0.5) is 9.59 Å². The van der Waals surface area contributed by atoms with Crippen molar-refractivity contribution in [3.8, 4) is 0 Å². The van der Waals surface area contributed by atoms with Crippen LogP contribution in [0.25, 0.3) is 0 Å². The Bertz CT molecular complexity index is 146. The Morgan fingerprint density at radius 2 is 2.00 bits per heavy atom. The molecule has 0 aliphatic carbocycles. The lowest BCUT2D eigenvalue weighted by Crippen LogP contribution is -2.34. The average Bonchev–Trinajstić information content (AvgIpc) is 1.87. The van der Waals surface area contributed by atoms with Gasteiger partial charge in [-0.25, -0.2) is 9.59 Å². The summed E-state index contributed by atoms with van der Waals surface area (Å²) in [5.41, 5.74) is 4.69. The maximum Gasteiger partial charge on any atom is 0.533 e. The summed E-state index contributed by atoms with van der Waals surface area (Å²) in [5.74, 6) is 0. The number of methoxy groups -OCH3 is 1. The van der Waals surface area contributed by atoms with Crippen LogP contribution in [0.1, 0.15) is 0 Å². The molecule has 2 amide bonds. The number of carbonyl (C=O) groups excluding carboxylic acids is 2. The van der Waals surface area contributed by atoms with Gasteiger partial charge in [-0.05, 0) is 0 Å². The summed E-state index contributed by atoms with van der Waals surface area (Å²) in [5, 5.41) is 0.561. The van der Waals surface area contributed by atoms with Gasteiger partial charge in [-0.2, -0.15) is 5.06 Å². The van der Waals surface area contributed by atoms with Crippen molar-refractivity contribution in [2.45, 2.75) is 0 Å². The van der Waals surface area contributed by atoms with Crippen LogP contribution in [0.15, 0.2) is 0 Å². The van der Waals surface area contributed by atoms with Crippen molar-refractivity contribution in [1.82, 2.24) is 5.06 Å². The molecule has 0 bridgehead atoms. The Morgan fingerprint density at radius 1 is 1.50 bits per heavy atom. The molecular formula is C4H8N2O4. The van der Waals surface area contributed by atoms with Gasteiger partial charge in [-0.3, -0.25) is 0 Å². The molecule has 6 nitrogen and oxygen atoms in total. The summed E-state index contributed by atoms with van der Waals surface area (Å²) in [4.78, 5) is 24.6. The fraction of sp³-hybridized carbons (Fsp3) is 0.500. The van der Waals surface area contributed by atoms with Gasteiger partial charge in [-0.15, -0.1) is 0 Å². The highest BCUT2D eigenvalue weighted by Crippen LogP contribution is 1.87. The number of nitrogens with two attached hydrogens (primary N) is 1. The van der Waals surface area contributed by atoms with Crippen LogP contribution in [0, 0.1) is 0 Å². The molecule has 6 heteroatoms. The van der Waals surface area contributed by atoms with Gasteiger partial charge in [0.2, 0.25) is 0 Å². The molecule has 0 aliphatic rings. The highest BCUT2D eigenvalue weighted by Gasteiger charge is 2.09. The fourth-order valence-electron chi connectivity index (χ4n) is 0.194. The van der Waals surface area contributed by atoms with E-state index in [2.05, 4.69) is 9.57 Å². The van der Waals surface area contributed by atoms with E-state index in [0.29, 0.717) is 5.06 Å². The maximum atomic E-state index is 10.2. The first-order valence-electron chi connectivity index (χ1n) is 2.37. The molecule has 0 saturated carbocycles. The zero-order valence-electron chi connectivity index (χ0n) is 5.66. The van der Waals surface area contributed by atoms with Gasteiger partial charge in [0.15, 0.2) is 0 Å². The molecule has 0 fully saturated rings. The first-order chi connectivity index (χ1) is 4.57. The van der Waals surface area contributed by atoms with Gasteiger partial charge in [0, 0.05) is 0 Å². The summed E-state index contributed by atoms with van der Waals surface area (Å²) < 4.78 is 4.06. The van der Waals surface area contributed by atoms with Crippen LogP contribution < -0.4 is 5.73 Å². The number of rotatable bonds is 0. The van der Waals surface area contributed by atoms with E-state index in [-0.39, 0.29) is 0 Å². The number of hydroxylamine groups is 2. The fourth-order valence-corrected chi connectivity index (χ4v) is 0.194. The number of hydrogen-bond donors (Lipinski definition) is 1. The van der Waals surface area contributed by atoms with E-state index in [1.807, 2.05) is 0 Å². The summed E-state index contributed by atoms with van der Waals surface area (Å²) >= 11 is 0. The molecule has 0 aromatic rings. The Morgan fingerprint density at radius 3 is 2.30 bits per heavy atom. The van der Waals surface area contributed by atoms with Crippen molar-refractivity contribution in [3.05, 3.63) is 0 Å². The van der Waals surface area contributed by atoms with Crippen LogP contribution >= 0.6 is 0 Å². The van der Waals surface area contributed by atoms with E-state index in [0.717, 1.165) is 7.11 Å². The number of nitrogens with zero attached hydrogens (tertiary/aromatic N) is 1. The highest BCUT2D eigenvalue weighted by atomic mass is 16.8. The second kappa shape index (κ2) is 3.54. The van der Waals surface area contributed by atoms with E-state index in [4.69, 9.17) is 5.73 Å². The van der Waals surface area contributed by atoms with Crippen LogP contribution in [-0.2, 0) is 9.57 Å². The summed E-state index contributed by atoms with van der Waals surface area (Å²) in [6.07, 6.45) is -0.985. The topological polar surface area (TPSA) is 81.9 Å². The SMILES string of the molecule is COC(=O)ON(C)C(N)=O. The lowest BCUT2D eigenvalue weighted by molar-refractivity contribution is -0.0673. The zero-order valence-corrected chi connectivity index (χ0v) is 5.66. The molecule has 0 unspecified atom stereocenters. The summed E-state index contributed by atoms with van der Waals surface area (Å²) in [6.45, 7) is 0. The second-order valence-corrected chi connectivity index (χ2v) is 1.38. The lowest BCUT2D eigenvalue weighted by atomic mass is 11.0. The molecular weight excluding hydrogens is 140 g/mol. The average molecular weight is 148 g/mol. The molecule has 0 spiro atoms. The molecule has 0 atom stereocenters. The third-order valence-electron chi connectivity index (χ3n) is 0.688. The molecule has 10 heavy (non-hydrogen) atoms. The first kappa shape index (κ1) is 8.54. The lowest BCUT2D eigenvalue weighted by Gasteiger charge is -2.10. The van der Waals surface area contributed by atoms with Gasteiger partial charge in [-0.1, -0.05) is 0 Å². The van der Waals surface area contributed by atoms with Crippen LogP contribution in [0.2, 0.25) is 0 Å². The van der Waals surface area contributed by atoms with Gasteiger partial charge in [0.25, 0.3) is 0 Å². The number of ether oxygens (including phenoxy) is 1. The molecule has 0 aliphatic heterocycles. The minimum absolute atomic E-state index is 0.561. The van der Waals surface area contributed by atoms with E-state index < -0.39 is 12.2 Å². The van der Waals surface area contributed by atoms with Crippen LogP contribution in [-0.4, -0.2) is 31.4 Å². The van der Waals surface area contributed by atoms with Gasteiger partial charge < -0.3 is 15.3 Å². The number of hydrogen-bond acceptors (Lipinski definition) is 4. The standard InChI is InChI=1S/C4H8N2O4/c1-6(3(5)7)10-4(8)9-2/h1-2H3,(H2,5,7). The summed E-state index contributed by atoms with van der Waals surface area (Å²) in [7, 11) is 2.32. The molecule has 0 radical (unpaired) electrons. The molecule has 2 N–H and O–H groups in total. The number of carbonyl (C=O) groups is 2. The van der Waals surface area contributed by atoms with Crippen molar-refractivity contribution in [2.75, 3.05) is 14.2 Å². The van der Waals surface area contributed by atoms with Crippen LogP contribution in [0.5, 0.6) is 0 Å². The third kappa shape index (κ3) is 2.75. The smallest absolute Gasteiger partial charge is 0.436 e. The van der Waals surface area contributed by atoms with E-state index >= 15 is 0 Å². The largest absolute Gasteiger partial charge is 0.533 e. The molecule has 0 heterocycles. The quantitative estimate of drug-likeness (QED) is 0.377. The Balaban J connectivity index is 3.68. The van der Waals surface area contributed by atoms with E-state index in [1.54, 1.807) is 0 Å². The van der Waals surface area contributed by atoms with Crippen molar-refractivity contribution in [1.29, 1.82) is 0 Å². The van der Waals surface area contributed by atoms with E-state index in [9.17, 15) is 9.59 Å². The Labute approximate surface area is 57.4 Å². The maximum absolute atomic E-state index is 10.2. The number of primary amides is 1. The molecule has 58 valence electrons. The van der Waals surface area contributed by atoms with Crippen molar-refractivity contribution >= 4 is 12.2 Å². The van der Waals surface area contributed by atoms with Crippen LogP contribution in [0.3, 0.4) is 0 Å². The van der Waals surface area contributed by atoms with Gasteiger partial charge in [0.05, 0.1) is 14.2 Å². The predicted octanol–water partition coefficient (Wildman–Crippen LogP) is -0.305. The predicted molar refractivity (Wildman–Crippen MR) is 30.8 cm³/mol. The first-order valence-corrected chi connectivity index (χ1v) is 2.37. The van der Waals surface area contributed by atoms with Crippen molar-refractivity contribution < 1.29 is 19.2 Å². The minimum atomic E-state index is -0.985. The minimum Gasteiger partial charge on any atom is -0.436 e. The number of amides is 2. The zero-order chi connectivity index (χ0) is 8.15. The third-order valence-corrected chi connectivity index (χ3v) is 0.688. The molecule has 0 saturated heterocycles. The normalized spacial score (nSPS) is 8.20. The van der Waals surface area contributed by atoms with Crippen molar-refractivity contribution in [2.24, 2.45) is 5.73 Å². The molecule has 0 rings (SSSR count). The Hall–Kier alpha value is -1.46. The van der Waals surface area contributed by atoms with Crippen molar-refractivity contribution in [3.63, 3.8) is 0 Å².